The van der Waals surface area contributed by atoms with Crippen LogP contribution in [0.1, 0.15) is 37.8 Å². The Bertz CT molecular complexity index is 372. The van der Waals surface area contributed by atoms with E-state index in [0.717, 1.165) is 24.5 Å². The van der Waals surface area contributed by atoms with Crippen molar-refractivity contribution in [2.45, 2.75) is 44.1 Å². The molecule has 0 N–H and O–H groups in total. The molecule has 1 aromatic carbocycles. The normalized spacial score (nSPS) is 13.9. The Morgan fingerprint density at radius 3 is 2.44 bits per heavy atom. The van der Waals surface area contributed by atoms with Gasteiger partial charge in [-0.3, -0.25) is 0 Å². The van der Waals surface area contributed by atoms with Crippen molar-refractivity contribution < 1.29 is 13.2 Å². The molecule has 0 aliphatic heterocycles. The molecule has 1 atom stereocenters. The lowest BCUT2D eigenvalue weighted by molar-refractivity contribution is -0.137. The van der Waals surface area contributed by atoms with Gasteiger partial charge in [0.1, 0.15) is 0 Å². The second-order valence-electron chi connectivity index (χ2n) is 4.85. The lowest BCUT2D eigenvalue weighted by Gasteiger charge is -2.13. The van der Waals surface area contributed by atoms with Crippen LogP contribution in [0.3, 0.4) is 0 Å². The van der Waals surface area contributed by atoms with Gasteiger partial charge in [0, 0.05) is 4.83 Å². The SMILES string of the molecule is CC(C)C(Br)CCCc1cccc(C(F)(F)F)c1. The van der Waals surface area contributed by atoms with Crippen molar-refractivity contribution in [1.29, 1.82) is 0 Å². The van der Waals surface area contributed by atoms with Gasteiger partial charge in [-0.25, -0.2) is 0 Å². The van der Waals surface area contributed by atoms with Crippen LogP contribution < -0.4 is 0 Å². The first-order chi connectivity index (χ1) is 8.30. The van der Waals surface area contributed by atoms with Crippen molar-refractivity contribution >= 4 is 15.9 Å². The molecule has 0 heterocycles. The molecule has 0 aliphatic carbocycles. The van der Waals surface area contributed by atoms with Gasteiger partial charge in [-0.05, 0) is 36.8 Å². The summed E-state index contributed by atoms with van der Waals surface area (Å²) in [5.41, 5.74) is 0.201. The predicted molar refractivity (Wildman–Crippen MR) is 71.9 cm³/mol. The molecule has 0 saturated heterocycles. The lowest BCUT2D eigenvalue weighted by atomic mass is 10.0. The second kappa shape index (κ2) is 6.60. The highest BCUT2D eigenvalue weighted by Gasteiger charge is 2.30. The summed E-state index contributed by atoms with van der Waals surface area (Å²) in [5.74, 6) is 0.548. The molecule has 0 fully saturated rings. The smallest absolute Gasteiger partial charge is 0.166 e. The van der Waals surface area contributed by atoms with E-state index in [2.05, 4.69) is 29.8 Å². The average Bonchev–Trinajstić information content (AvgIpc) is 2.28. The number of rotatable bonds is 5. The summed E-state index contributed by atoms with van der Waals surface area (Å²) in [6, 6.07) is 5.60. The van der Waals surface area contributed by atoms with Crippen molar-refractivity contribution in [3.05, 3.63) is 35.4 Å². The van der Waals surface area contributed by atoms with Crippen LogP contribution in [0.5, 0.6) is 0 Å². The summed E-state index contributed by atoms with van der Waals surface area (Å²) in [4.78, 5) is 0.434. The molecule has 0 spiro atoms. The van der Waals surface area contributed by atoms with E-state index in [-0.39, 0.29) is 0 Å². The minimum absolute atomic E-state index is 0.434. The van der Waals surface area contributed by atoms with Gasteiger partial charge in [-0.15, -0.1) is 0 Å². The zero-order valence-corrected chi connectivity index (χ0v) is 12.2. The fraction of sp³-hybridized carbons (Fsp3) is 0.571. The first-order valence-electron chi connectivity index (χ1n) is 6.11. The Morgan fingerprint density at radius 1 is 1.22 bits per heavy atom. The lowest BCUT2D eigenvalue weighted by Crippen LogP contribution is -2.08. The van der Waals surface area contributed by atoms with E-state index in [1.165, 1.54) is 12.1 Å². The van der Waals surface area contributed by atoms with Crippen LogP contribution in [0.15, 0.2) is 24.3 Å². The van der Waals surface area contributed by atoms with Gasteiger partial charge in [-0.1, -0.05) is 48.0 Å². The van der Waals surface area contributed by atoms with E-state index in [9.17, 15) is 13.2 Å². The van der Waals surface area contributed by atoms with Crippen molar-refractivity contribution in [3.63, 3.8) is 0 Å². The maximum Gasteiger partial charge on any atom is 0.416 e. The van der Waals surface area contributed by atoms with E-state index < -0.39 is 11.7 Å². The molecular formula is C14H18BrF3. The van der Waals surface area contributed by atoms with E-state index in [4.69, 9.17) is 0 Å². The molecule has 0 aromatic heterocycles. The summed E-state index contributed by atoms with van der Waals surface area (Å²) in [6.07, 6.45) is -1.67. The molecule has 0 radical (unpaired) electrons. The van der Waals surface area contributed by atoms with Crippen molar-refractivity contribution in [2.75, 3.05) is 0 Å². The van der Waals surface area contributed by atoms with Gasteiger partial charge in [0.25, 0.3) is 0 Å². The van der Waals surface area contributed by atoms with Crippen LogP contribution in [0, 0.1) is 5.92 Å². The van der Waals surface area contributed by atoms with Gasteiger partial charge >= 0.3 is 6.18 Å². The van der Waals surface area contributed by atoms with Gasteiger partial charge in [0.15, 0.2) is 0 Å². The second-order valence-corrected chi connectivity index (χ2v) is 6.03. The Hall–Kier alpha value is -0.510. The van der Waals surface area contributed by atoms with Crippen LogP contribution in [-0.4, -0.2) is 4.83 Å². The quantitative estimate of drug-likeness (QED) is 0.632. The molecule has 0 amide bonds. The third-order valence-electron chi connectivity index (χ3n) is 2.92. The third kappa shape index (κ3) is 5.01. The van der Waals surface area contributed by atoms with Crippen molar-refractivity contribution in [2.24, 2.45) is 5.92 Å². The number of benzene rings is 1. The largest absolute Gasteiger partial charge is 0.416 e. The van der Waals surface area contributed by atoms with Gasteiger partial charge in [0.05, 0.1) is 5.56 Å². The van der Waals surface area contributed by atoms with Crippen LogP contribution in [0.25, 0.3) is 0 Å². The summed E-state index contributed by atoms with van der Waals surface area (Å²) in [7, 11) is 0. The fourth-order valence-corrected chi connectivity index (χ4v) is 2.06. The molecule has 0 bridgehead atoms. The molecule has 4 heteroatoms. The highest BCUT2D eigenvalue weighted by atomic mass is 79.9. The van der Waals surface area contributed by atoms with E-state index >= 15 is 0 Å². The molecule has 0 saturated carbocycles. The minimum atomic E-state index is -4.24. The van der Waals surface area contributed by atoms with Crippen molar-refractivity contribution in [1.82, 2.24) is 0 Å². The zero-order chi connectivity index (χ0) is 13.8. The van der Waals surface area contributed by atoms with Crippen LogP contribution in [0.4, 0.5) is 13.2 Å². The monoisotopic (exact) mass is 322 g/mol. The Kier molecular flexibility index (Phi) is 5.70. The van der Waals surface area contributed by atoms with Crippen LogP contribution in [-0.2, 0) is 12.6 Å². The van der Waals surface area contributed by atoms with Crippen molar-refractivity contribution in [3.8, 4) is 0 Å². The molecule has 1 rings (SSSR count). The van der Waals surface area contributed by atoms with Gasteiger partial charge < -0.3 is 0 Å². The standard InChI is InChI=1S/C14H18BrF3/c1-10(2)13(15)8-4-6-11-5-3-7-12(9-11)14(16,17)18/h3,5,7,9-10,13H,4,6,8H2,1-2H3. The molecule has 0 nitrogen and oxygen atoms in total. The first kappa shape index (κ1) is 15.5. The Labute approximate surface area is 115 Å². The van der Waals surface area contributed by atoms with Gasteiger partial charge in [0.2, 0.25) is 0 Å². The summed E-state index contributed by atoms with van der Waals surface area (Å²) in [6.45, 7) is 4.26. The van der Waals surface area contributed by atoms with E-state index in [0.29, 0.717) is 17.2 Å². The molecular weight excluding hydrogens is 305 g/mol. The summed E-state index contributed by atoms with van der Waals surface area (Å²) < 4.78 is 37.5. The molecule has 1 aromatic rings. The minimum Gasteiger partial charge on any atom is -0.166 e. The Balaban J connectivity index is 2.53. The molecule has 102 valence electrons. The molecule has 1 unspecified atom stereocenters. The molecule has 0 aliphatic rings. The fourth-order valence-electron chi connectivity index (χ4n) is 1.74. The third-order valence-corrected chi connectivity index (χ3v) is 4.44. The molecule has 18 heavy (non-hydrogen) atoms. The average molecular weight is 323 g/mol. The number of halogens is 4. The predicted octanol–water partition coefficient (Wildman–Crippen LogP) is 5.45. The highest BCUT2D eigenvalue weighted by Crippen LogP contribution is 2.30. The zero-order valence-electron chi connectivity index (χ0n) is 10.6. The maximum atomic E-state index is 12.5. The number of alkyl halides is 4. The summed E-state index contributed by atoms with van der Waals surface area (Å²) >= 11 is 3.58. The van der Waals surface area contributed by atoms with E-state index in [1.807, 2.05) is 0 Å². The number of hydrogen-bond donors (Lipinski definition) is 0. The van der Waals surface area contributed by atoms with E-state index in [1.54, 1.807) is 6.07 Å². The van der Waals surface area contributed by atoms with Crippen LogP contribution in [0.2, 0.25) is 0 Å². The Morgan fingerprint density at radius 2 is 1.89 bits per heavy atom. The van der Waals surface area contributed by atoms with Gasteiger partial charge in [-0.2, -0.15) is 13.2 Å². The number of aryl methyl sites for hydroxylation is 1. The summed E-state index contributed by atoms with van der Waals surface area (Å²) in [5, 5.41) is 0. The number of hydrogen-bond acceptors (Lipinski definition) is 0. The van der Waals surface area contributed by atoms with Crippen LogP contribution >= 0.6 is 15.9 Å². The first-order valence-corrected chi connectivity index (χ1v) is 7.02. The highest BCUT2D eigenvalue weighted by molar-refractivity contribution is 9.09. The maximum absolute atomic E-state index is 12.5. The topological polar surface area (TPSA) is 0 Å².